The van der Waals surface area contributed by atoms with Crippen LogP contribution in [0.15, 0.2) is 71.6 Å². The summed E-state index contributed by atoms with van der Waals surface area (Å²) in [5.41, 5.74) is 5.96. The zero-order chi connectivity index (χ0) is 26.9. The number of hydrogen-bond acceptors (Lipinski definition) is 6. The van der Waals surface area contributed by atoms with Gasteiger partial charge in [0.05, 0.1) is 17.8 Å². The Labute approximate surface area is 234 Å². The topological polar surface area (TPSA) is 53.7 Å². The molecule has 39 heavy (non-hydrogen) atoms. The van der Waals surface area contributed by atoms with Gasteiger partial charge < -0.3 is 9.80 Å². The lowest BCUT2D eigenvalue weighted by Crippen LogP contribution is -2.35. The monoisotopic (exact) mass is 557 g/mol. The number of anilines is 2. The van der Waals surface area contributed by atoms with Gasteiger partial charge in [0.15, 0.2) is 5.13 Å². The third-order valence-electron chi connectivity index (χ3n) is 7.07. The fraction of sp³-hybridized carbons (Fsp3) is 0.233. The molecule has 0 radical (unpaired) electrons. The number of thiophene rings is 1. The molecule has 1 aromatic carbocycles. The predicted octanol–water partition coefficient (Wildman–Crippen LogP) is 6.85. The van der Waals surface area contributed by atoms with Crippen molar-refractivity contribution in [2.24, 2.45) is 0 Å². The number of hydrogen-bond donors (Lipinski definition) is 0. The largest absolute Gasteiger partial charge is 0.338 e. The summed E-state index contributed by atoms with van der Waals surface area (Å²) in [7, 11) is 2.01. The number of imidazole rings is 1. The molecule has 1 aliphatic rings. The molecule has 5 aromatic rings. The number of thiazole rings is 1. The lowest BCUT2D eigenvalue weighted by atomic mass is 10.0. The van der Waals surface area contributed by atoms with Crippen LogP contribution in [0.2, 0.25) is 0 Å². The summed E-state index contributed by atoms with van der Waals surface area (Å²) in [4.78, 5) is 27.6. The number of halogens is 1. The normalized spacial score (nSPS) is 13.6. The van der Waals surface area contributed by atoms with Crippen LogP contribution in [0.5, 0.6) is 0 Å². The summed E-state index contributed by atoms with van der Waals surface area (Å²) in [5, 5.41) is 4.85. The van der Waals surface area contributed by atoms with Crippen molar-refractivity contribution in [3.05, 3.63) is 93.5 Å². The Morgan fingerprint density at radius 1 is 1.08 bits per heavy atom. The van der Waals surface area contributed by atoms with Crippen LogP contribution in [0.3, 0.4) is 0 Å². The van der Waals surface area contributed by atoms with Crippen molar-refractivity contribution in [1.29, 1.82) is 0 Å². The maximum absolute atomic E-state index is 13.4. The SMILES string of the molecule is CCc1nc2ccc(C3=CCN(C(=O)Cc4cccs4)CC3)cn2c1N(C)c1nc(-c2ccc(F)cc2)cs1. The van der Waals surface area contributed by atoms with Gasteiger partial charge in [-0.3, -0.25) is 9.20 Å². The van der Waals surface area contributed by atoms with Crippen LogP contribution in [-0.2, 0) is 17.6 Å². The Bertz CT molecular complexity index is 1650. The van der Waals surface area contributed by atoms with Gasteiger partial charge in [0.1, 0.15) is 17.3 Å². The van der Waals surface area contributed by atoms with Gasteiger partial charge in [-0.25, -0.2) is 14.4 Å². The first-order valence-electron chi connectivity index (χ1n) is 13.0. The van der Waals surface area contributed by atoms with Gasteiger partial charge in [-0.2, -0.15) is 0 Å². The highest BCUT2D eigenvalue weighted by atomic mass is 32.1. The first-order chi connectivity index (χ1) is 19.0. The number of nitrogens with zero attached hydrogens (tertiary/aromatic N) is 5. The van der Waals surface area contributed by atoms with E-state index in [4.69, 9.17) is 9.97 Å². The number of rotatable bonds is 7. The minimum absolute atomic E-state index is 0.178. The third-order valence-corrected chi connectivity index (χ3v) is 8.87. The van der Waals surface area contributed by atoms with E-state index in [9.17, 15) is 9.18 Å². The zero-order valence-corrected chi connectivity index (χ0v) is 23.4. The minimum atomic E-state index is -0.258. The molecule has 0 atom stereocenters. The van der Waals surface area contributed by atoms with Crippen molar-refractivity contribution in [3.63, 3.8) is 0 Å². The molecular weight excluding hydrogens is 529 g/mol. The standard InChI is InChI=1S/C30H28FN5OS2/c1-3-25-29(34(2)30-33-26(19-39-30)21-6-9-23(31)10-7-21)36-18-22(8-11-27(36)32-25)20-12-14-35(15-13-20)28(37)17-24-5-4-16-38-24/h4-12,16,18-19H,3,13-15,17H2,1-2H3. The van der Waals surface area contributed by atoms with Crippen molar-refractivity contribution in [1.82, 2.24) is 19.3 Å². The van der Waals surface area contributed by atoms with Crippen LogP contribution in [0.1, 0.15) is 29.5 Å². The summed E-state index contributed by atoms with van der Waals surface area (Å²) in [5.74, 6) is 0.905. The second kappa shape index (κ2) is 10.7. The Kier molecular flexibility index (Phi) is 7.01. The summed E-state index contributed by atoms with van der Waals surface area (Å²) in [6.07, 6.45) is 6.40. The van der Waals surface area contributed by atoms with Crippen molar-refractivity contribution in [2.45, 2.75) is 26.2 Å². The van der Waals surface area contributed by atoms with Gasteiger partial charge in [0.2, 0.25) is 5.91 Å². The fourth-order valence-corrected chi connectivity index (χ4v) is 6.45. The molecule has 1 aliphatic heterocycles. The van der Waals surface area contributed by atoms with Gasteiger partial charge in [0, 0.05) is 42.2 Å². The van der Waals surface area contributed by atoms with E-state index in [0.717, 1.165) is 63.4 Å². The van der Waals surface area contributed by atoms with Crippen molar-refractivity contribution < 1.29 is 9.18 Å². The lowest BCUT2D eigenvalue weighted by Gasteiger charge is -2.27. The Hall–Kier alpha value is -3.82. The highest BCUT2D eigenvalue weighted by Crippen LogP contribution is 2.34. The third kappa shape index (κ3) is 5.12. The van der Waals surface area contributed by atoms with Crippen molar-refractivity contribution >= 4 is 50.8 Å². The molecule has 9 heteroatoms. The van der Waals surface area contributed by atoms with Crippen LogP contribution in [0, 0.1) is 5.82 Å². The smallest absolute Gasteiger partial charge is 0.228 e. The highest BCUT2D eigenvalue weighted by molar-refractivity contribution is 7.14. The van der Waals surface area contributed by atoms with Crippen LogP contribution < -0.4 is 4.90 Å². The van der Waals surface area contributed by atoms with E-state index in [0.29, 0.717) is 13.0 Å². The van der Waals surface area contributed by atoms with Gasteiger partial charge in [-0.1, -0.05) is 19.1 Å². The molecule has 0 fully saturated rings. The summed E-state index contributed by atoms with van der Waals surface area (Å²) >= 11 is 3.18. The van der Waals surface area contributed by atoms with Crippen LogP contribution in [0.25, 0.3) is 22.5 Å². The quantitative estimate of drug-likeness (QED) is 0.220. The molecule has 198 valence electrons. The van der Waals surface area contributed by atoms with E-state index in [1.807, 2.05) is 34.8 Å². The van der Waals surface area contributed by atoms with Crippen molar-refractivity contribution in [3.8, 4) is 11.3 Å². The molecule has 0 saturated heterocycles. The van der Waals surface area contributed by atoms with E-state index in [1.54, 1.807) is 34.8 Å². The molecule has 0 bridgehead atoms. The van der Waals surface area contributed by atoms with Gasteiger partial charge >= 0.3 is 0 Å². The number of aryl methyl sites for hydroxylation is 1. The van der Waals surface area contributed by atoms with Crippen LogP contribution in [-0.4, -0.2) is 45.3 Å². The number of fused-ring (bicyclic) bond motifs is 1. The van der Waals surface area contributed by atoms with E-state index in [-0.39, 0.29) is 11.7 Å². The average Bonchev–Trinajstić information content (AvgIpc) is 3.73. The van der Waals surface area contributed by atoms with E-state index < -0.39 is 0 Å². The average molecular weight is 558 g/mol. The number of amides is 1. The first kappa shape index (κ1) is 25.5. The number of carbonyl (C=O) groups excluding carboxylic acids is 1. The molecule has 6 rings (SSSR count). The van der Waals surface area contributed by atoms with Crippen LogP contribution in [0.4, 0.5) is 15.3 Å². The fourth-order valence-electron chi connectivity index (χ4n) is 4.96. The Morgan fingerprint density at radius 3 is 2.62 bits per heavy atom. The Morgan fingerprint density at radius 2 is 1.90 bits per heavy atom. The molecule has 6 nitrogen and oxygen atoms in total. The highest BCUT2D eigenvalue weighted by Gasteiger charge is 2.22. The lowest BCUT2D eigenvalue weighted by molar-refractivity contribution is -0.130. The second-order valence-corrected chi connectivity index (χ2v) is 11.4. The molecule has 4 aromatic heterocycles. The van der Waals surface area contributed by atoms with E-state index in [2.05, 4.69) is 40.6 Å². The number of carbonyl (C=O) groups is 1. The zero-order valence-electron chi connectivity index (χ0n) is 21.8. The first-order valence-corrected chi connectivity index (χ1v) is 14.7. The van der Waals surface area contributed by atoms with E-state index >= 15 is 0 Å². The van der Waals surface area contributed by atoms with Gasteiger partial charge in [-0.05, 0) is 71.8 Å². The summed E-state index contributed by atoms with van der Waals surface area (Å²) in [6.45, 7) is 3.45. The summed E-state index contributed by atoms with van der Waals surface area (Å²) in [6, 6.07) is 14.6. The minimum Gasteiger partial charge on any atom is -0.338 e. The van der Waals surface area contributed by atoms with Crippen LogP contribution >= 0.6 is 22.7 Å². The molecule has 0 unspecified atom stereocenters. The number of aromatic nitrogens is 3. The molecule has 0 aliphatic carbocycles. The van der Waals surface area contributed by atoms with Crippen molar-refractivity contribution in [2.75, 3.05) is 25.0 Å². The molecule has 0 spiro atoms. The molecule has 0 saturated carbocycles. The maximum atomic E-state index is 13.4. The summed E-state index contributed by atoms with van der Waals surface area (Å²) < 4.78 is 15.5. The van der Waals surface area contributed by atoms with Gasteiger partial charge in [-0.15, -0.1) is 22.7 Å². The molecular formula is C30H28FN5OS2. The van der Waals surface area contributed by atoms with Gasteiger partial charge in [0.25, 0.3) is 0 Å². The number of pyridine rings is 1. The molecule has 1 amide bonds. The maximum Gasteiger partial charge on any atom is 0.228 e. The predicted molar refractivity (Wildman–Crippen MR) is 157 cm³/mol. The molecule has 5 heterocycles. The Balaban J connectivity index is 1.26. The molecule has 0 N–H and O–H groups in total. The van der Waals surface area contributed by atoms with E-state index in [1.165, 1.54) is 17.7 Å². The number of benzene rings is 1. The second-order valence-electron chi connectivity index (χ2n) is 9.54.